The average Bonchev–Trinajstić information content (AvgIpc) is 2.66. The molecular weight excluding hydrogens is 223 g/mol. The highest BCUT2D eigenvalue weighted by atomic mass is 35.5. The van der Waals surface area contributed by atoms with Crippen molar-refractivity contribution in [3.63, 3.8) is 0 Å². The van der Waals surface area contributed by atoms with Crippen LogP contribution in [0.25, 0.3) is 0 Å². The summed E-state index contributed by atoms with van der Waals surface area (Å²) < 4.78 is 13.3. The molecule has 0 N–H and O–H groups in total. The zero-order chi connectivity index (χ0) is 9.97. The van der Waals surface area contributed by atoms with E-state index >= 15 is 0 Å². The van der Waals surface area contributed by atoms with Crippen LogP contribution in [0.15, 0.2) is 23.8 Å². The van der Waals surface area contributed by atoms with Crippen LogP contribution in [0.2, 0.25) is 5.15 Å². The molecule has 2 rings (SSSR count). The summed E-state index contributed by atoms with van der Waals surface area (Å²) in [6.45, 7) is 0. The van der Waals surface area contributed by atoms with Gasteiger partial charge in [0.15, 0.2) is 11.0 Å². The van der Waals surface area contributed by atoms with Gasteiger partial charge in [-0.1, -0.05) is 17.7 Å². The summed E-state index contributed by atoms with van der Waals surface area (Å²) in [5, 5.41) is 1.82. The lowest BCUT2D eigenvalue weighted by atomic mass is 10.2. The Morgan fingerprint density at radius 1 is 1.43 bits per heavy atom. The highest BCUT2D eigenvalue weighted by Crippen LogP contribution is 2.18. The van der Waals surface area contributed by atoms with E-state index in [4.69, 9.17) is 11.6 Å². The van der Waals surface area contributed by atoms with Gasteiger partial charge >= 0.3 is 0 Å². The van der Waals surface area contributed by atoms with Crippen molar-refractivity contribution in [1.29, 1.82) is 0 Å². The van der Waals surface area contributed by atoms with Crippen LogP contribution in [-0.2, 0) is 6.42 Å². The average molecular weight is 229 g/mol. The van der Waals surface area contributed by atoms with E-state index in [0.717, 1.165) is 4.88 Å². The summed E-state index contributed by atoms with van der Waals surface area (Å²) in [5.41, 5.74) is 0.340. The molecule has 0 aliphatic carbocycles. The van der Waals surface area contributed by atoms with Gasteiger partial charge in [0.25, 0.3) is 0 Å². The lowest BCUT2D eigenvalue weighted by Gasteiger charge is -2.00. The fourth-order valence-electron chi connectivity index (χ4n) is 1.08. The minimum Gasteiger partial charge on any atom is -0.238 e. The van der Waals surface area contributed by atoms with E-state index in [-0.39, 0.29) is 5.15 Å². The van der Waals surface area contributed by atoms with Gasteiger partial charge in [-0.2, -0.15) is 0 Å². The number of nitrogens with zero attached hydrogens (tertiary/aromatic N) is 2. The van der Waals surface area contributed by atoms with Crippen LogP contribution in [0.4, 0.5) is 4.39 Å². The summed E-state index contributed by atoms with van der Waals surface area (Å²) in [6.07, 6.45) is 1.74. The van der Waals surface area contributed by atoms with Crippen molar-refractivity contribution in [2.45, 2.75) is 6.42 Å². The summed E-state index contributed by atoms with van der Waals surface area (Å²) in [6, 6.07) is 3.85. The Bertz CT molecular complexity index is 430. The van der Waals surface area contributed by atoms with Crippen molar-refractivity contribution in [2.24, 2.45) is 0 Å². The maximum absolute atomic E-state index is 13.3. The standard InChI is InChI=1S/C9H6ClFN2S/c10-9-8(11)7(12-5-13-9)4-6-2-1-3-14-6/h1-3,5H,4H2. The van der Waals surface area contributed by atoms with Gasteiger partial charge in [0.05, 0.1) is 5.69 Å². The van der Waals surface area contributed by atoms with Crippen molar-refractivity contribution >= 4 is 22.9 Å². The van der Waals surface area contributed by atoms with Gasteiger partial charge in [0.2, 0.25) is 0 Å². The first-order valence-corrected chi connectivity index (χ1v) is 5.20. The minimum atomic E-state index is -0.525. The van der Waals surface area contributed by atoms with Gasteiger partial charge in [0, 0.05) is 11.3 Å². The molecule has 0 amide bonds. The van der Waals surface area contributed by atoms with Gasteiger partial charge in [-0.25, -0.2) is 14.4 Å². The Morgan fingerprint density at radius 2 is 2.29 bits per heavy atom. The minimum absolute atomic E-state index is 0.119. The van der Waals surface area contributed by atoms with Crippen molar-refractivity contribution in [3.05, 3.63) is 45.4 Å². The molecular formula is C9H6ClFN2S. The molecule has 5 heteroatoms. The first-order valence-electron chi connectivity index (χ1n) is 3.94. The Kier molecular flexibility index (Phi) is 2.74. The Balaban J connectivity index is 2.29. The largest absolute Gasteiger partial charge is 0.238 e. The smallest absolute Gasteiger partial charge is 0.182 e. The number of aromatic nitrogens is 2. The van der Waals surface area contributed by atoms with Gasteiger partial charge in [-0.15, -0.1) is 11.3 Å². The number of thiophene rings is 1. The summed E-state index contributed by atoms with van der Waals surface area (Å²) in [4.78, 5) is 8.46. The second kappa shape index (κ2) is 4.02. The first-order chi connectivity index (χ1) is 6.77. The molecule has 0 spiro atoms. The predicted octanol–water partition coefficient (Wildman–Crippen LogP) is 2.92. The monoisotopic (exact) mass is 228 g/mol. The summed E-state index contributed by atoms with van der Waals surface area (Å²) in [5.74, 6) is -0.525. The zero-order valence-electron chi connectivity index (χ0n) is 7.08. The molecule has 0 aromatic carbocycles. The number of halogens is 2. The van der Waals surface area contributed by atoms with E-state index in [2.05, 4.69) is 9.97 Å². The van der Waals surface area contributed by atoms with Gasteiger partial charge in [0.1, 0.15) is 6.33 Å². The molecule has 0 aliphatic rings. The highest BCUT2D eigenvalue weighted by molar-refractivity contribution is 7.09. The fraction of sp³-hybridized carbons (Fsp3) is 0.111. The molecule has 0 fully saturated rings. The van der Waals surface area contributed by atoms with Gasteiger partial charge < -0.3 is 0 Å². The third kappa shape index (κ3) is 1.91. The van der Waals surface area contributed by atoms with Crippen LogP contribution in [0.3, 0.4) is 0 Å². The van der Waals surface area contributed by atoms with E-state index < -0.39 is 5.82 Å². The molecule has 2 aromatic heterocycles. The van der Waals surface area contributed by atoms with Crippen LogP contribution >= 0.6 is 22.9 Å². The van der Waals surface area contributed by atoms with Crippen molar-refractivity contribution in [1.82, 2.24) is 9.97 Å². The van der Waals surface area contributed by atoms with Crippen LogP contribution < -0.4 is 0 Å². The molecule has 72 valence electrons. The van der Waals surface area contributed by atoms with E-state index in [1.807, 2.05) is 17.5 Å². The number of hydrogen-bond acceptors (Lipinski definition) is 3. The Hall–Kier alpha value is -1.00. The molecule has 0 radical (unpaired) electrons. The van der Waals surface area contributed by atoms with E-state index in [0.29, 0.717) is 12.1 Å². The summed E-state index contributed by atoms with van der Waals surface area (Å²) in [7, 11) is 0. The SMILES string of the molecule is Fc1c(Cl)ncnc1Cc1cccs1. The molecule has 0 saturated heterocycles. The lowest BCUT2D eigenvalue weighted by molar-refractivity contribution is 0.596. The third-order valence-electron chi connectivity index (χ3n) is 1.74. The fourth-order valence-corrected chi connectivity index (χ4v) is 1.94. The maximum Gasteiger partial charge on any atom is 0.182 e. The molecule has 2 aromatic rings. The molecule has 0 saturated carbocycles. The second-order valence-corrected chi connectivity index (χ2v) is 4.07. The molecule has 0 bridgehead atoms. The lowest BCUT2D eigenvalue weighted by Crippen LogP contribution is -1.97. The van der Waals surface area contributed by atoms with E-state index in [1.165, 1.54) is 6.33 Å². The third-order valence-corrected chi connectivity index (χ3v) is 2.88. The predicted molar refractivity (Wildman–Crippen MR) is 54.1 cm³/mol. The molecule has 2 heterocycles. The highest BCUT2D eigenvalue weighted by Gasteiger charge is 2.09. The van der Waals surface area contributed by atoms with E-state index in [9.17, 15) is 4.39 Å². The van der Waals surface area contributed by atoms with Crippen LogP contribution in [0, 0.1) is 5.82 Å². The van der Waals surface area contributed by atoms with Crippen LogP contribution in [-0.4, -0.2) is 9.97 Å². The van der Waals surface area contributed by atoms with Crippen molar-refractivity contribution < 1.29 is 4.39 Å². The first kappa shape index (κ1) is 9.55. The molecule has 0 unspecified atom stereocenters. The number of hydrogen-bond donors (Lipinski definition) is 0. The van der Waals surface area contributed by atoms with Gasteiger partial charge in [-0.3, -0.25) is 0 Å². The zero-order valence-corrected chi connectivity index (χ0v) is 8.65. The maximum atomic E-state index is 13.3. The topological polar surface area (TPSA) is 25.8 Å². The van der Waals surface area contributed by atoms with Crippen molar-refractivity contribution in [2.75, 3.05) is 0 Å². The molecule has 14 heavy (non-hydrogen) atoms. The Labute approximate surface area is 89.4 Å². The van der Waals surface area contributed by atoms with Crippen LogP contribution in [0.5, 0.6) is 0 Å². The normalized spacial score (nSPS) is 10.4. The molecule has 0 aliphatic heterocycles. The number of rotatable bonds is 2. The Morgan fingerprint density at radius 3 is 3.00 bits per heavy atom. The quantitative estimate of drug-likeness (QED) is 0.739. The van der Waals surface area contributed by atoms with Crippen LogP contribution in [0.1, 0.15) is 10.6 Å². The summed E-state index contributed by atoms with van der Waals surface area (Å²) >= 11 is 7.09. The van der Waals surface area contributed by atoms with E-state index in [1.54, 1.807) is 11.3 Å². The second-order valence-electron chi connectivity index (χ2n) is 2.68. The molecule has 0 atom stereocenters. The van der Waals surface area contributed by atoms with Crippen molar-refractivity contribution in [3.8, 4) is 0 Å². The molecule has 2 nitrogen and oxygen atoms in total. The van der Waals surface area contributed by atoms with Gasteiger partial charge in [-0.05, 0) is 11.4 Å².